The van der Waals surface area contributed by atoms with Gasteiger partial charge in [-0.1, -0.05) is 11.6 Å². The minimum Gasteiger partial charge on any atom is -0.495 e. The molecule has 1 saturated heterocycles. The lowest BCUT2D eigenvalue weighted by Crippen LogP contribution is -2.41. The maximum atomic E-state index is 12.4. The number of aromatic nitrogens is 2. The summed E-state index contributed by atoms with van der Waals surface area (Å²) in [7, 11) is 1.52. The van der Waals surface area contributed by atoms with Crippen molar-refractivity contribution in [1.82, 2.24) is 9.13 Å². The van der Waals surface area contributed by atoms with Crippen LogP contribution in [-0.2, 0) is 11.3 Å². The third-order valence-electron chi connectivity index (χ3n) is 4.27. The predicted molar refractivity (Wildman–Crippen MR) is 91.4 cm³/mol. The number of halogens is 1. The van der Waals surface area contributed by atoms with Gasteiger partial charge < -0.3 is 14.0 Å². The molecule has 128 valence electrons. The summed E-state index contributed by atoms with van der Waals surface area (Å²) in [5.74, 6) is 0.878. The van der Waals surface area contributed by atoms with Gasteiger partial charge in [-0.2, -0.15) is 0 Å². The molecule has 1 fully saturated rings. The molecule has 0 aliphatic carbocycles. The van der Waals surface area contributed by atoms with Gasteiger partial charge in [-0.3, -0.25) is 14.2 Å². The second-order valence-corrected chi connectivity index (χ2v) is 6.21. The molecule has 0 atom stereocenters. The fourth-order valence-corrected chi connectivity index (χ4v) is 3.12. The normalized spacial score (nSPS) is 15.4. The smallest absolute Gasteiger partial charge is 0.320 e. The van der Waals surface area contributed by atoms with Crippen LogP contribution in [0, 0.1) is 5.92 Å². The fourth-order valence-electron chi connectivity index (χ4n) is 2.87. The molecular formula is C17H19ClN2O4. The van der Waals surface area contributed by atoms with Gasteiger partial charge in [-0.15, -0.1) is 0 Å². The summed E-state index contributed by atoms with van der Waals surface area (Å²) in [6.07, 6.45) is 5.06. The highest BCUT2D eigenvalue weighted by molar-refractivity contribution is 6.32. The number of ether oxygens (including phenoxy) is 2. The second-order valence-electron chi connectivity index (χ2n) is 5.81. The predicted octanol–water partition coefficient (Wildman–Crippen LogP) is 2.09. The average Bonchev–Trinajstić information content (AvgIpc) is 2.60. The van der Waals surface area contributed by atoms with E-state index in [1.54, 1.807) is 30.6 Å². The van der Waals surface area contributed by atoms with Crippen molar-refractivity contribution in [1.29, 1.82) is 0 Å². The van der Waals surface area contributed by atoms with Crippen LogP contribution in [0.5, 0.6) is 5.75 Å². The fraction of sp³-hybridized carbons (Fsp3) is 0.412. The monoisotopic (exact) mass is 350 g/mol. The van der Waals surface area contributed by atoms with E-state index in [4.69, 9.17) is 21.1 Å². The molecule has 2 heterocycles. The van der Waals surface area contributed by atoms with Crippen LogP contribution >= 0.6 is 11.6 Å². The van der Waals surface area contributed by atoms with Crippen LogP contribution in [-0.4, -0.2) is 29.5 Å². The van der Waals surface area contributed by atoms with E-state index >= 15 is 0 Å². The van der Waals surface area contributed by atoms with E-state index in [2.05, 4.69) is 0 Å². The van der Waals surface area contributed by atoms with Gasteiger partial charge >= 0.3 is 11.1 Å². The lowest BCUT2D eigenvalue weighted by Gasteiger charge is -2.22. The molecule has 0 bridgehead atoms. The van der Waals surface area contributed by atoms with Crippen molar-refractivity contribution in [3.05, 3.63) is 56.3 Å². The third-order valence-corrected chi connectivity index (χ3v) is 4.56. The van der Waals surface area contributed by atoms with Crippen LogP contribution in [0.3, 0.4) is 0 Å². The van der Waals surface area contributed by atoms with E-state index in [1.165, 1.54) is 16.2 Å². The quantitative estimate of drug-likeness (QED) is 0.792. The summed E-state index contributed by atoms with van der Waals surface area (Å²) in [6, 6.07) is 4.95. The van der Waals surface area contributed by atoms with E-state index in [-0.39, 0.29) is 0 Å². The average molecular weight is 351 g/mol. The van der Waals surface area contributed by atoms with Gasteiger partial charge in [0.25, 0.3) is 0 Å². The Bertz CT molecular complexity index is 837. The van der Waals surface area contributed by atoms with E-state index in [0.29, 0.717) is 42.1 Å². The summed E-state index contributed by atoms with van der Waals surface area (Å²) in [5, 5.41) is 0.383. The molecule has 0 spiro atoms. The molecule has 0 unspecified atom stereocenters. The summed E-state index contributed by atoms with van der Waals surface area (Å²) < 4.78 is 13.2. The SMILES string of the molecule is COc1ccc(-n2ccn(CC3CCOCC3)c(=O)c2=O)cc1Cl. The Morgan fingerprint density at radius 3 is 2.62 bits per heavy atom. The molecule has 1 aliphatic heterocycles. The maximum absolute atomic E-state index is 12.4. The number of rotatable bonds is 4. The number of hydrogen-bond acceptors (Lipinski definition) is 4. The first-order valence-electron chi connectivity index (χ1n) is 7.84. The van der Waals surface area contributed by atoms with Crippen LogP contribution < -0.4 is 15.9 Å². The number of hydrogen-bond donors (Lipinski definition) is 0. The van der Waals surface area contributed by atoms with Gasteiger partial charge in [-0.05, 0) is 37.0 Å². The van der Waals surface area contributed by atoms with Gasteiger partial charge in [0.05, 0.1) is 17.8 Å². The Labute approximate surface area is 144 Å². The van der Waals surface area contributed by atoms with E-state index in [1.807, 2.05) is 0 Å². The van der Waals surface area contributed by atoms with Crippen LogP contribution in [0.15, 0.2) is 40.2 Å². The Morgan fingerprint density at radius 1 is 1.21 bits per heavy atom. The Morgan fingerprint density at radius 2 is 1.96 bits per heavy atom. The summed E-state index contributed by atoms with van der Waals surface area (Å²) >= 11 is 6.10. The zero-order chi connectivity index (χ0) is 17.1. The lowest BCUT2D eigenvalue weighted by atomic mass is 10.0. The molecule has 6 nitrogen and oxygen atoms in total. The molecular weight excluding hydrogens is 332 g/mol. The molecule has 1 aliphatic rings. The highest BCUT2D eigenvalue weighted by Gasteiger charge is 2.16. The van der Waals surface area contributed by atoms with Gasteiger partial charge in [0.15, 0.2) is 0 Å². The molecule has 3 rings (SSSR count). The van der Waals surface area contributed by atoms with Crippen LogP contribution in [0.4, 0.5) is 0 Å². The molecule has 7 heteroatoms. The van der Waals surface area contributed by atoms with Crippen molar-refractivity contribution in [3.8, 4) is 11.4 Å². The first-order chi connectivity index (χ1) is 11.6. The van der Waals surface area contributed by atoms with Gasteiger partial charge in [0.1, 0.15) is 5.75 Å². The van der Waals surface area contributed by atoms with Crippen molar-refractivity contribution in [2.75, 3.05) is 20.3 Å². The molecule has 1 aromatic carbocycles. The molecule has 1 aromatic heterocycles. The van der Waals surface area contributed by atoms with Crippen molar-refractivity contribution in [2.24, 2.45) is 5.92 Å². The first kappa shape index (κ1) is 16.8. The van der Waals surface area contributed by atoms with E-state index in [0.717, 1.165) is 12.8 Å². The van der Waals surface area contributed by atoms with Crippen LogP contribution in [0.2, 0.25) is 5.02 Å². The zero-order valence-corrected chi connectivity index (χ0v) is 14.2. The molecule has 0 amide bonds. The minimum absolute atomic E-state index is 0.363. The Kier molecular flexibility index (Phi) is 5.06. The number of benzene rings is 1. The van der Waals surface area contributed by atoms with E-state index in [9.17, 15) is 9.59 Å². The van der Waals surface area contributed by atoms with Crippen molar-refractivity contribution < 1.29 is 9.47 Å². The van der Waals surface area contributed by atoms with Crippen molar-refractivity contribution in [2.45, 2.75) is 19.4 Å². The molecule has 2 aromatic rings. The lowest BCUT2D eigenvalue weighted by molar-refractivity contribution is 0.0609. The molecule has 0 N–H and O–H groups in total. The molecule has 24 heavy (non-hydrogen) atoms. The Balaban J connectivity index is 1.91. The van der Waals surface area contributed by atoms with Gasteiger partial charge in [0.2, 0.25) is 0 Å². The van der Waals surface area contributed by atoms with Gasteiger partial charge in [0, 0.05) is 32.2 Å². The number of nitrogens with zero attached hydrogens (tertiary/aromatic N) is 2. The Hall–Kier alpha value is -2.05. The summed E-state index contributed by atoms with van der Waals surface area (Å²) in [5.41, 5.74) is -0.595. The molecule has 0 saturated carbocycles. The van der Waals surface area contributed by atoms with Crippen molar-refractivity contribution >= 4 is 11.6 Å². The maximum Gasteiger partial charge on any atom is 0.320 e. The van der Waals surface area contributed by atoms with E-state index < -0.39 is 11.1 Å². The van der Waals surface area contributed by atoms with Gasteiger partial charge in [-0.25, -0.2) is 0 Å². The number of methoxy groups -OCH3 is 1. The van der Waals surface area contributed by atoms with Crippen LogP contribution in [0.1, 0.15) is 12.8 Å². The third kappa shape index (κ3) is 3.39. The summed E-state index contributed by atoms with van der Waals surface area (Å²) in [6.45, 7) is 1.96. The summed E-state index contributed by atoms with van der Waals surface area (Å²) in [4.78, 5) is 24.8. The minimum atomic E-state index is -0.592. The largest absolute Gasteiger partial charge is 0.495 e. The van der Waals surface area contributed by atoms with Crippen LogP contribution in [0.25, 0.3) is 5.69 Å². The highest BCUT2D eigenvalue weighted by Crippen LogP contribution is 2.26. The van der Waals surface area contributed by atoms with Crippen molar-refractivity contribution in [3.63, 3.8) is 0 Å². The topological polar surface area (TPSA) is 62.5 Å². The zero-order valence-electron chi connectivity index (χ0n) is 13.4. The second kappa shape index (κ2) is 7.23. The molecule has 0 radical (unpaired) electrons. The first-order valence-corrected chi connectivity index (χ1v) is 8.21. The standard InChI is InChI=1S/C17H19ClN2O4/c1-23-15-3-2-13(10-14(15)18)20-7-6-19(16(21)17(20)22)11-12-4-8-24-9-5-12/h2-3,6-7,10,12H,4-5,8-9,11H2,1H3. The highest BCUT2D eigenvalue weighted by atomic mass is 35.5.